The zero-order valence-electron chi connectivity index (χ0n) is 15.2. The third-order valence-corrected chi connectivity index (χ3v) is 5.07. The molecule has 3 rings (SSSR count). The quantitative estimate of drug-likeness (QED) is 0.792. The number of hydrogen-bond acceptors (Lipinski definition) is 2. The normalized spacial score (nSPS) is 15.2. The number of carbonyl (C=O) groups excluding carboxylic acids is 1. The first-order chi connectivity index (χ1) is 12.1. The summed E-state index contributed by atoms with van der Waals surface area (Å²) in [5.41, 5.74) is 3.65. The van der Waals surface area contributed by atoms with Crippen LogP contribution in [0, 0.1) is 12.8 Å². The predicted molar refractivity (Wildman–Crippen MR) is 102 cm³/mol. The first kappa shape index (κ1) is 17.7. The smallest absolute Gasteiger partial charge is 0.234 e. The highest BCUT2D eigenvalue weighted by molar-refractivity contribution is 5.78. The van der Waals surface area contributed by atoms with Crippen LogP contribution in [0.3, 0.4) is 0 Å². The lowest BCUT2D eigenvalue weighted by atomic mass is 10.1. The van der Waals surface area contributed by atoms with Crippen LogP contribution in [0.25, 0.3) is 0 Å². The molecule has 1 amide bonds. The highest BCUT2D eigenvalue weighted by Gasteiger charge is 2.32. The van der Waals surface area contributed by atoms with Gasteiger partial charge in [0.1, 0.15) is 0 Å². The number of rotatable bonds is 8. The Morgan fingerprint density at radius 3 is 2.40 bits per heavy atom. The minimum atomic E-state index is 0.101. The van der Waals surface area contributed by atoms with Crippen molar-refractivity contribution in [3.63, 3.8) is 0 Å². The van der Waals surface area contributed by atoms with Gasteiger partial charge in [0.05, 0.1) is 6.54 Å². The molecule has 0 bridgehead atoms. The summed E-state index contributed by atoms with van der Waals surface area (Å²) in [5, 5.41) is 3.07. The number of aryl methyl sites for hydroxylation is 1. The fraction of sp³-hybridized carbons (Fsp3) is 0.409. The number of benzene rings is 2. The van der Waals surface area contributed by atoms with Crippen LogP contribution >= 0.6 is 0 Å². The minimum Gasteiger partial charge on any atom is -0.351 e. The number of hydrogen-bond donors (Lipinski definition) is 1. The molecule has 0 spiro atoms. The van der Waals surface area contributed by atoms with Gasteiger partial charge in [-0.25, -0.2) is 0 Å². The SMILES string of the molecule is Cc1ccc(CNC(=O)CN(Cc2ccccc2)C(C)C2CC2)cc1. The van der Waals surface area contributed by atoms with E-state index in [9.17, 15) is 4.79 Å². The molecule has 0 aliphatic heterocycles. The molecule has 1 unspecified atom stereocenters. The first-order valence-corrected chi connectivity index (χ1v) is 9.22. The summed E-state index contributed by atoms with van der Waals surface area (Å²) >= 11 is 0. The van der Waals surface area contributed by atoms with Gasteiger partial charge in [0.25, 0.3) is 0 Å². The number of nitrogens with zero attached hydrogens (tertiary/aromatic N) is 1. The second kappa shape index (κ2) is 8.30. The van der Waals surface area contributed by atoms with Crippen molar-refractivity contribution < 1.29 is 4.79 Å². The standard InChI is InChI=1S/C22H28N2O/c1-17-8-10-19(11-9-17)14-23-22(25)16-24(18(2)21-12-13-21)15-20-6-4-3-5-7-20/h3-11,18,21H,12-16H2,1-2H3,(H,23,25). The molecule has 2 aromatic rings. The van der Waals surface area contributed by atoms with E-state index in [0.29, 0.717) is 19.1 Å². The summed E-state index contributed by atoms with van der Waals surface area (Å²) in [6.45, 7) is 6.21. The van der Waals surface area contributed by atoms with Crippen LogP contribution in [0.2, 0.25) is 0 Å². The molecule has 1 fully saturated rings. The van der Waals surface area contributed by atoms with E-state index in [4.69, 9.17) is 0 Å². The van der Waals surface area contributed by atoms with Gasteiger partial charge in [-0.15, -0.1) is 0 Å². The van der Waals surface area contributed by atoms with E-state index in [1.54, 1.807) is 0 Å². The van der Waals surface area contributed by atoms with Crippen LogP contribution in [0.4, 0.5) is 0 Å². The van der Waals surface area contributed by atoms with Crippen molar-refractivity contribution in [2.24, 2.45) is 5.92 Å². The van der Waals surface area contributed by atoms with Gasteiger partial charge in [-0.3, -0.25) is 9.69 Å². The average molecular weight is 336 g/mol. The van der Waals surface area contributed by atoms with E-state index >= 15 is 0 Å². The van der Waals surface area contributed by atoms with Crippen LogP contribution in [0.1, 0.15) is 36.5 Å². The largest absolute Gasteiger partial charge is 0.351 e. The average Bonchev–Trinajstić information content (AvgIpc) is 3.46. The molecular formula is C22H28N2O. The molecule has 3 heteroatoms. The van der Waals surface area contributed by atoms with Crippen molar-refractivity contribution in [1.82, 2.24) is 10.2 Å². The first-order valence-electron chi connectivity index (χ1n) is 9.22. The van der Waals surface area contributed by atoms with Crippen LogP contribution in [-0.4, -0.2) is 23.4 Å². The Kier molecular flexibility index (Phi) is 5.87. The molecule has 132 valence electrons. The topological polar surface area (TPSA) is 32.3 Å². The minimum absolute atomic E-state index is 0.101. The van der Waals surface area contributed by atoms with Crippen LogP contribution in [0.15, 0.2) is 54.6 Å². The van der Waals surface area contributed by atoms with E-state index < -0.39 is 0 Å². The molecule has 1 N–H and O–H groups in total. The zero-order valence-corrected chi connectivity index (χ0v) is 15.2. The highest BCUT2D eigenvalue weighted by atomic mass is 16.2. The lowest BCUT2D eigenvalue weighted by Gasteiger charge is -2.28. The van der Waals surface area contributed by atoms with Crippen molar-refractivity contribution in [2.45, 2.75) is 45.8 Å². The Bertz CT molecular complexity index is 677. The molecule has 1 aliphatic carbocycles. The summed E-state index contributed by atoms with van der Waals surface area (Å²) in [6.07, 6.45) is 2.58. The number of amides is 1. The van der Waals surface area contributed by atoms with Gasteiger partial charge in [0, 0.05) is 19.1 Å². The second-order valence-electron chi connectivity index (χ2n) is 7.23. The summed E-state index contributed by atoms with van der Waals surface area (Å²) < 4.78 is 0. The van der Waals surface area contributed by atoms with Crippen molar-refractivity contribution in [3.8, 4) is 0 Å². The molecule has 1 atom stereocenters. The molecule has 0 radical (unpaired) electrons. The van der Waals surface area contributed by atoms with E-state index in [1.807, 2.05) is 6.07 Å². The van der Waals surface area contributed by atoms with E-state index in [0.717, 1.165) is 18.0 Å². The molecule has 1 aliphatic rings. The van der Waals surface area contributed by atoms with E-state index in [1.165, 1.54) is 24.0 Å². The van der Waals surface area contributed by atoms with Crippen molar-refractivity contribution in [2.75, 3.05) is 6.54 Å². The highest BCUT2D eigenvalue weighted by Crippen LogP contribution is 2.35. The third kappa shape index (κ3) is 5.43. The van der Waals surface area contributed by atoms with Crippen molar-refractivity contribution >= 4 is 5.91 Å². The monoisotopic (exact) mass is 336 g/mol. The van der Waals surface area contributed by atoms with Gasteiger partial charge >= 0.3 is 0 Å². The van der Waals surface area contributed by atoms with E-state index in [2.05, 4.69) is 72.6 Å². The molecule has 2 aromatic carbocycles. The van der Waals surface area contributed by atoms with Gasteiger partial charge in [-0.05, 0) is 43.7 Å². The zero-order chi connectivity index (χ0) is 17.6. The molecule has 3 nitrogen and oxygen atoms in total. The summed E-state index contributed by atoms with van der Waals surface area (Å²) in [6, 6.07) is 19.2. The molecule has 0 heterocycles. The Hall–Kier alpha value is -2.13. The van der Waals surface area contributed by atoms with Gasteiger partial charge in [0.2, 0.25) is 5.91 Å². The molecular weight excluding hydrogens is 308 g/mol. The summed E-state index contributed by atoms with van der Waals surface area (Å²) in [7, 11) is 0. The third-order valence-electron chi connectivity index (χ3n) is 5.07. The van der Waals surface area contributed by atoms with Crippen molar-refractivity contribution in [1.29, 1.82) is 0 Å². The maximum absolute atomic E-state index is 12.5. The Morgan fingerprint density at radius 2 is 1.76 bits per heavy atom. The predicted octanol–water partition coefficient (Wildman–Crippen LogP) is 3.91. The van der Waals surface area contributed by atoms with Crippen LogP contribution < -0.4 is 5.32 Å². The maximum atomic E-state index is 12.5. The summed E-state index contributed by atoms with van der Waals surface area (Å²) in [4.78, 5) is 14.8. The lowest BCUT2D eigenvalue weighted by molar-refractivity contribution is -0.123. The van der Waals surface area contributed by atoms with Gasteiger partial charge in [-0.2, -0.15) is 0 Å². The second-order valence-corrected chi connectivity index (χ2v) is 7.23. The molecule has 25 heavy (non-hydrogen) atoms. The van der Waals surface area contributed by atoms with Gasteiger partial charge < -0.3 is 5.32 Å². The van der Waals surface area contributed by atoms with Crippen LogP contribution in [0.5, 0.6) is 0 Å². The van der Waals surface area contributed by atoms with Gasteiger partial charge in [-0.1, -0.05) is 60.2 Å². The maximum Gasteiger partial charge on any atom is 0.234 e. The number of nitrogens with one attached hydrogen (secondary N) is 1. The van der Waals surface area contributed by atoms with E-state index in [-0.39, 0.29) is 5.91 Å². The molecule has 0 saturated heterocycles. The Morgan fingerprint density at radius 1 is 1.08 bits per heavy atom. The Balaban J connectivity index is 1.56. The van der Waals surface area contributed by atoms with Crippen molar-refractivity contribution in [3.05, 3.63) is 71.3 Å². The fourth-order valence-electron chi connectivity index (χ4n) is 3.19. The summed E-state index contributed by atoms with van der Waals surface area (Å²) in [5.74, 6) is 0.845. The molecule has 0 aromatic heterocycles. The fourth-order valence-corrected chi connectivity index (χ4v) is 3.19. The lowest BCUT2D eigenvalue weighted by Crippen LogP contribution is -2.42. The van der Waals surface area contributed by atoms with Gasteiger partial charge in [0.15, 0.2) is 0 Å². The Labute approximate surface area is 151 Å². The number of carbonyl (C=O) groups is 1. The molecule has 1 saturated carbocycles. The van der Waals surface area contributed by atoms with Crippen LogP contribution in [-0.2, 0) is 17.9 Å².